The lowest BCUT2D eigenvalue weighted by Crippen LogP contribution is -2.18. The van der Waals surface area contributed by atoms with E-state index in [0.29, 0.717) is 24.4 Å². The molecule has 0 saturated carbocycles. The average molecular weight is 395 g/mol. The first kappa shape index (κ1) is 18.2. The summed E-state index contributed by atoms with van der Waals surface area (Å²) in [4.78, 5) is 21.4. The number of imidazole rings is 1. The van der Waals surface area contributed by atoms with E-state index in [9.17, 15) is 9.90 Å². The Labute approximate surface area is 174 Å². The number of aromatic nitrogens is 3. The summed E-state index contributed by atoms with van der Waals surface area (Å²) in [6, 6.07) is 17.1. The van der Waals surface area contributed by atoms with Crippen molar-refractivity contribution in [1.29, 1.82) is 0 Å². The molecule has 3 aliphatic rings. The lowest BCUT2D eigenvalue weighted by Gasteiger charge is -2.13. The number of hydrogen-bond donors (Lipinski definition) is 2. The van der Waals surface area contributed by atoms with E-state index in [1.54, 1.807) is 22.9 Å². The number of phenolic OH excluding ortho intramolecular Hbond substituents is 1. The number of phenols is 1. The molecule has 2 aromatic carbocycles. The Hall–Kier alpha value is -3.86. The quantitative estimate of drug-likeness (QED) is 0.526. The predicted molar refractivity (Wildman–Crippen MR) is 117 cm³/mol. The van der Waals surface area contributed by atoms with Crippen LogP contribution in [0.2, 0.25) is 0 Å². The molecule has 2 heterocycles. The maximum Gasteiger partial charge on any atom is 0.278 e. The van der Waals surface area contributed by atoms with E-state index in [0.717, 1.165) is 28.9 Å². The molecule has 0 saturated heterocycles. The second kappa shape index (κ2) is 7.52. The molecular formula is C25H21N3O2. The topological polar surface area (TPSA) is 70.9 Å². The second-order valence-electron chi connectivity index (χ2n) is 7.55. The zero-order chi connectivity index (χ0) is 20.5. The molecule has 0 radical (unpaired) electrons. The van der Waals surface area contributed by atoms with E-state index < -0.39 is 0 Å². The summed E-state index contributed by atoms with van der Waals surface area (Å²) in [6.07, 6.45) is 10.0. The van der Waals surface area contributed by atoms with Gasteiger partial charge in [0.05, 0.1) is 11.4 Å². The molecule has 30 heavy (non-hydrogen) atoms. The van der Waals surface area contributed by atoms with Crippen LogP contribution in [0.15, 0.2) is 89.4 Å². The maximum absolute atomic E-state index is 13.2. The lowest BCUT2D eigenvalue weighted by molar-refractivity contribution is 0.475. The minimum Gasteiger partial charge on any atom is -0.508 e. The fraction of sp³-hybridized carbons (Fsp3) is 0.120. The number of rotatable bonds is 5. The third kappa shape index (κ3) is 3.46. The van der Waals surface area contributed by atoms with Crippen LogP contribution in [-0.2, 0) is 12.8 Å². The summed E-state index contributed by atoms with van der Waals surface area (Å²) in [7, 11) is 0. The minimum absolute atomic E-state index is 0.0823. The van der Waals surface area contributed by atoms with Crippen molar-refractivity contribution in [3.8, 4) is 22.8 Å². The molecule has 2 aliphatic heterocycles. The van der Waals surface area contributed by atoms with Crippen molar-refractivity contribution in [3.63, 3.8) is 0 Å². The van der Waals surface area contributed by atoms with Crippen LogP contribution in [0.4, 0.5) is 0 Å². The number of allylic oxidation sites excluding steroid dienone is 4. The first-order valence-corrected chi connectivity index (χ1v) is 9.98. The van der Waals surface area contributed by atoms with Gasteiger partial charge in [0.1, 0.15) is 11.4 Å². The van der Waals surface area contributed by atoms with E-state index in [4.69, 9.17) is 4.98 Å². The van der Waals surface area contributed by atoms with Crippen molar-refractivity contribution >= 4 is 0 Å². The van der Waals surface area contributed by atoms with Crippen LogP contribution >= 0.6 is 0 Å². The Bertz CT molecular complexity index is 1280. The molecule has 1 aliphatic carbocycles. The second-order valence-corrected chi connectivity index (χ2v) is 7.55. The molecule has 0 aromatic heterocycles. The highest BCUT2D eigenvalue weighted by Gasteiger charge is 2.21. The predicted octanol–water partition coefficient (Wildman–Crippen LogP) is 4.39. The molecule has 0 amide bonds. The van der Waals surface area contributed by atoms with Crippen molar-refractivity contribution in [2.24, 2.45) is 0 Å². The van der Waals surface area contributed by atoms with E-state index in [2.05, 4.69) is 29.3 Å². The normalized spacial score (nSPS) is 13.1. The Morgan fingerprint density at radius 1 is 1.03 bits per heavy atom. The highest BCUT2D eigenvalue weighted by Crippen LogP contribution is 2.25. The van der Waals surface area contributed by atoms with Crippen LogP contribution in [0.3, 0.4) is 0 Å². The van der Waals surface area contributed by atoms with E-state index in [-0.39, 0.29) is 11.3 Å². The van der Waals surface area contributed by atoms with Crippen LogP contribution in [0.1, 0.15) is 23.4 Å². The monoisotopic (exact) mass is 395 g/mol. The van der Waals surface area contributed by atoms with Gasteiger partial charge in [0.15, 0.2) is 5.82 Å². The maximum atomic E-state index is 13.2. The van der Waals surface area contributed by atoms with E-state index in [1.165, 1.54) is 5.57 Å². The highest BCUT2D eigenvalue weighted by atomic mass is 16.3. The van der Waals surface area contributed by atoms with Gasteiger partial charge >= 0.3 is 0 Å². The fourth-order valence-corrected chi connectivity index (χ4v) is 3.84. The lowest BCUT2D eigenvalue weighted by atomic mass is 10.1. The molecule has 0 atom stereocenters. The third-order valence-corrected chi connectivity index (χ3v) is 5.39. The third-order valence-electron chi connectivity index (χ3n) is 5.39. The zero-order valence-electron chi connectivity index (χ0n) is 16.4. The molecule has 2 aromatic rings. The van der Waals surface area contributed by atoms with Crippen molar-refractivity contribution in [2.75, 3.05) is 0 Å². The molecule has 0 fully saturated rings. The molecule has 0 bridgehead atoms. The molecular weight excluding hydrogens is 374 g/mol. The molecule has 5 rings (SSSR count). The number of fused-ring (bicyclic) bond motifs is 1. The van der Waals surface area contributed by atoms with E-state index >= 15 is 0 Å². The van der Waals surface area contributed by atoms with Gasteiger partial charge in [-0.1, -0.05) is 54.1 Å². The van der Waals surface area contributed by atoms with Gasteiger partial charge in [-0.3, -0.25) is 9.36 Å². The molecule has 2 N–H and O–H groups in total. The van der Waals surface area contributed by atoms with Gasteiger partial charge in [-0.15, -0.1) is 0 Å². The first-order chi connectivity index (χ1) is 14.7. The van der Waals surface area contributed by atoms with Crippen molar-refractivity contribution < 1.29 is 5.11 Å². The summed E-state index contributed by atoms with van der Waals surface area (Å²) in [5, 5.41) is 9.62. The summed E-state index contributed by atoms with van der Waals surface area (Å²) in [5.41, 5.74) is 5.39. The Balaban J connectivity index is 1.64. The number of nitrogens with one attached hydrogen (secondary N) is 1. The zero-order valence-corrected chi connectivity index (χ0v) is 16.4. The first-order valence-electron chi connectivity index (χ1n) is 9.98. The fourth-order valence-electron chi connectivity index (χ4n) is 3.84. The van der Waals surface area contributed by atoms with Crippen molar-refractivity contribution in [2.45, 2.75) is 19.3 Å². The van der Waals surface area contributed by atoms with Gasteiger partial charge in [0.2, 0.25) is 0 Å². The number of aromatic hydroxyl groups is 1. The standard InChI is InChI=1S/C25H21N3O2/c29-20-12-10-19(11-13-20)23-16-28-24(21(26-23)14-17-6-2-1-3-7-17)27-22(25(28)30)15-18-8-4-5-9-18/h1-8,10-13,16,26,29H,9,14-15H2. The number of aromatic amines is 1. The highest BCUT2D eigenvalue weighted by molar-refractivity contribution is 5.61. The Kier molecular flexibility index (Phi) is 4.56. The number of H-pyrrole nitrogens is 1. The SMILES string of the molecule is O=c1c(CC2=CC=CC2)nc2c(Cc3ccccc3)[nH]c(-c3ccc(O)cc3)cn1-2. The van der Waals surface area contributed by atoms with Gasteiger partial charge < -0.3 is 10.1 Å². The van der Waals surface area contributed by atoms with Crippen LogP contribution < -0.4 is 5.56 Å². The van der Waals surface area contributed by atoms with Gasteiger partial charge in [-0.25, -0.2) is 4.98 Å². The number of hydrogen-bond acceptors (Lipinski definition) is 3. The number of nitrogens with zero attached hydrogens (tertiary/aromatic N) is 2. The van der Waals surface area contributed by atoms with Gasteiger partial charge in [-0.05, 0) is 41.8 Å². The van der Waals surface area contributed by atoms with Crippen molar-refractivity contribution in [1.82, 2.24) is 14.5 Å². The van der Waals surface area contributed by atoms with Crippen LogP contribution in [0.5, 0.6) is 5.75 Å². The molecule has 148 valence electrons. The van der Waals surface area contributed by atoms with Crippen LogP contribution in [0.25, 0.3) is 17.1 Å². The smallest absolute Gasteiger partial charge is 0.278 e. The average Bonchev–Trinajstić information content (AvgIpc) is 3.38. The van der Waals surface area contributed by atoms with Gasteiger partial charge in [-0.2, -0.15) is 0 Å². The molecule has 0 spiro atoms. The Morgan fingerprint density at radius 2 is 1.83 bits per heavy atom. The summed E-state index contributed by atoms with van der Waals surface area (Å²) in [6.45, 7) is 0. The molecule has 5 heteroatoms. The van der Waals surface area contributed by atoms with Gasteiger partial charge in [0, 0.05) is 19.0 Å². The summed E-state index contributed by atoms with van der Waals surface area (Å²) in [5.74, 6) is 0.866. The number of benzene rings is 2. The van der Waals surface area contributed by atoms with Crippen molar-refractivity contribution in [3.05, 3.63) is 112 Å². The van der Waals surface area contributed by atoms with Crippen LogP contribution in [-0.4, -0.2) is 19.6 Å². The Morgan fingerprint density at radius 3 is 2.57 bits per heavy atom. The van der Waals surface area contributed by atoms with Gasteiger partial charge in [0.25, 0.3) is 5.56 Å². The molecule has 0 unspecified atom stereocenters. The summed E-state index contributed by atoms with van der Waals surface area (Å²) < 4.78 is 1.65. The summed E-state index contributed by atoms with van der Waals surface area (Å²) >= 11 is 0. The van der Waals surface area contributed by atoms with Crippen LogP contribution in [0, 0.1) is 0 Å². The minimum atomic E-state index is -0.0823. The van der Waals surface area contributed by atoms with E-state index in [1.807, 2.05) is 36.4 Å². The largest absolute Gasteiger partial charge is 0.508 e. The molecule has 5 nitrogen and oxygen atoms in total.